The number of rotatable bonds is 2. The molecule has 2 aromatic carbocycles. The van der Waals surface area contributed by atoms with Crippen LogP contribution in [0.15, 0.2) is 48.5 Å². The summed E-state index contributed by atoms with van der Waals surface area (Å²) < 4.78 is 0. The van der Waals surface area contributed by atoms with E-state index in [1.54, 1.807) is 48.5 Å². The van der Waals surface area contributed by atoms with Gasteiger partial charge in [0, 0.05) is 17.4 Å². The highest BCUT2D eigenvalue weighted by atomic mass is 16.6. The summed E-state index contributed by atoms with van der Waals surface area (Å²) in [5.41, 5.74) is 1.80. The van der Waals surface area contributed by atoms with Crippen molar-refractivity contribution in [1.82, 2.24) is 0 Å². The number of Topliss-reactive ketones (excluding diaryl/α,β-unsaturated/α-hetero) is 1. The highest BCUT2D eigenvalue weighted by Gasteiger charge is 2.57. The van der Waals surface area contributed by atoms with Crippen molar-refractivity contribution in [3.8, 4) is 0 Å². The number of aliphatic hydroxyl groups excluding tert-OH is 1. The molecule has 0 bridgehead atoms. The molecule has 132 valence electrons. The van der Waals surface area contributed by atoms with E-state index in [2.05, 4.69) is 0 Å². The van der Waals surface area contributed by atoms with E-state index in [1.165, 1.54) is 11.8 Å². The maximum atomic E-state index is 13.1. The van der Waals surface area contributed by atoms with Crippen molar-refractivity contribution >= 4 is 17.4 Å². The van der Waals surface area contributed by atoms with Crippen molar-refractivity contribution in [3.05, 3.63) is 75.3 Å². The molecule has 7 nitrogen and oxygen atoms in total. The van der Waals surface area contributed by atoms with Crippen molar-refractivity contribution in [2.45, 2.75) is 31.0 Å². The van der Waals surface area contributed by atoms with Crippen LogP contribution >= 0.6 is 0 Å². The number of carbonyl (C=O) groups is 2. The highest BCUT2D eigenvalue weighted by Crippen LogP contribution is 2.48. The Balaban J connectivity index is 1.91. The van der Waals surface area contributed by atoms with Crippen molar-refractivity contribution in [1.29, 1.82) is 0 Å². The van der Waals surface area contributed by atoms with Gasteiger partial charge in [0.05, 0.1) is 11.6 Å². The molecule has 1 aliphatic heterocycles. The monoisotopic (exact) mass is 352 g/mol. The molecule has 0 saturated carbocycles. The first kappa shape index (κ1) is 16.4. The number of ketones is 1. The number of aliphatic hydroxyl groups is 1. The molecule has 2 aromatic rings. The Kier molecular flexibility index (Phi) is 3.62. The molecule has 0 radical (unpaired) electrons. The van der Waals surface area contributed by atoms with Gasteiger partial charge in [0.15, 0.2) is 5.78 Å². The van der Waals surface area contributed by atoms with Crippen LogP contribution in [0.4, 0.5) is 5.69 Å². The predicted octanol–water partition coefficient (Wildman–Crippen LogP) is 2.08. The van der Waals surface area contributed by atoms with E-state index in [9.17, 15) is 24.8 Å². The second-order valence-electron chi connectivity index (χ2n) is 6.59. The average Bonchev–Trinajstić information content (AvgIpc) is 3.07. The first-order valence-electron chi connectivity index (χ1n) is 8.27. The summed E-state index contributed by atoms with van der Waals surface area (Å²) in [6.07, 6.45) is -1.32. The standard InChI is InChI=1S/C19H16N2O5/c1-10(22)20-14-9-5-4-8-13(14)19(24)16(20)15-11-6-2-3-7-12(11)18(23)17(15)21(25)26/h2-9,15-18,23H,1H3/t15-,16+,17-,18+/m1/s1. The quantitative estimate of drug-likeness (QED) is 0.659. The molecule has 7 heteroatoms. The lowest BCUT2D eigenvalue weighted by Crippen LogP contribution is -2.47. The van der Waals surface area contributed by atoms with Gasteiger partial charge in [0.2, 0.25) is 5.91 Å². The average molecular weight is 352 g/mol. The van der Waals surface area contributed by atoms with Crippen LogP contribution in [0.1, 0.15) is 40.4 Å². The SMILES string of the molecule is CC(=O)N1c2ccccc2C(=O)[C@@H]1[C@H]1c2ccccc2[C@H](O)[C@@H]1[N+](=O)[O-]. The normalized spacial score (nSPS) is 26.5. The lowest BCUT2D eigenvalue weighted by molar-refractivity contribution is -0.537. The van der Waals surface area contributed by atoms with Gasteiger partial charge in [-0.1, -0.05) is 36.4 Å². The van der Waals surface area contributed by atoms with Crippen molar-refractivity contribution < 1.29 is 19.6 Å². The molecule has 1 N–H and O–H groups in total. The zero-order chi connectivity index (χ0) is 18.6. The van der Waals surface area contributed by atoms with Crippen molar-refractivity contribution in [2.75, 3.05) is 4.90 Å². The van der Waals surface area contributed by atoms with Crippen LogP contribution in [-0.4, -0.2) is 33.8 Å². The summed E-state index contributed by atoms with van der Waals surface area (Å²) in [4.78, 5) is 37.9. The first-order chi connectivity index (χ1) is 12.4. The minimum Gasteiger partial charge on any atom is -0.381 e. The Morgan fingerprint density at radius 2 is 1.73 bits per heavy atom. The van der Waals surface area contributed by atoms with E-state index in [-0.39, 0.29) is 11.7 Å². The highest BCUT2D eigenvalue weighted by molar-refractivity contribution is 6.18. The summed E-state index contributed by atoms with van der Waals surface area (Å²) in [6.45, 7) is 1.33. The van der Waals surface area contributed by atoms with E-state index >= 15 is 0 Å². The number of carbonyl (C=O) groups excluding carboxylic acids is 2. The molecule has 0 aromatic heterocycles. The predicted molar refractivity (Wildman–Crippen MR) is 92.6 cm³/mol. The van der Waals surface area contributed by atoms with Gasteiger partial charge >= 0.3 is 0 Å². The van der Waals surface area contributed by atoms with Crippen molar-refractivity contribution in [2.24, 2.45) is 0 Å². The Morgan fingerprint density at radius 1 is 1.12 bits per heavy atom. The number of nitrogens with zero attached hydrogens (tertiary/aromatic N) is 2. The topological polar surface area (TPSA) is 101 Å². The Labute approximate surface area is 149 Å². The van der Waals surface area contributed by atoms with Crippen LogP contribution in [0.3, 0.4) is 0 Å². The van der Waals surface area contributed by atoms with E-state index in [4.69, 9.17) is 0 Å². The maximum Gasteiger partial charge on any atom is 0.251 e. The summed E-state index contributed by atoms with van der Waals surface area (Å²) in [6, 6.07) is 11.0. The number of benzene rings is 2. The van der Waals surface area contributed by atoms with Gasteiger partial charge in [-0.05, 0) is 23.3 Å². The fourth-order valence-corrected chi connectivity index (χ4v) is 4.26. The molecule has 4 rings (SSSR count). The number of hydrogen-bond donors (Lipinski definition) is 1. The number of hydrogen-bond acceptors (Lipinski definition) is 5. The van der Waals surface area contributed by atoms with Gasteiger partial charge in [-0.25, -0.2) is 0 Å². The van der Waals surface area contributed by atoms with Gasteiger partial charge in [-0.15, -0.1) is 0 Å². The van der Waals surface area contributed by atoms with Gasteiger partial charge in [-0.3, -0.25) is 19.7 Å². The molecular formula is C19H16N2O5. The van der Waals surface area contributed by atoms with E-state index < -0.39 is 29.0 Å². The zero-order valence-corrected chi connectivity index (χ0v) is 13.9. The van der Waals surface area contributed by atoms with Crippen LogP contribution in [-0.2, 0) is 4.79 Å². The van der Waals surface area contributed by atoms with E-state index in [0.717, 1.165) is 0 Å². The van der Waals surface area contributed by atoms with Crippen LogP contribution in [0.2, 0.25) is 0 Å². The van der Waals surface area contributed by atoms with Gasteiger partial charge in [0.1, 0.15) is 12.1 Å². The number of para-hydroxylation sites is 1. The van der Waals surface area contributed by atoms with Crippen LogP contribution in [0.25, 0.3) is 0 Å². The maximum absolute atomic E-state index is 13.1. The second-order valence-corrected chi connectivity index (χ2v) is 6.59. The van der Waals surface area contributed by atoms with E-state index in [0.29, 0.717) is 22.4 Å². The molecule has 0 fully saturated rings. The Hall–Kier alpha value is -3.06. The number of fused-ring (bicyclic) bond motifs is 2. The van der Waals surface area contributed by atoms with Crippen molar-refractivity contribution in [3.63, 3.8) is 0 Å². The number of amides is 1. The summed E-state index contributed by atoms with van der Waals surface area (Å²) in [5.74, 6) is -1.62. The van der Waals surface area contributed by atoms with Gasteiger partial charge in [0.25, 0.3) is 6.04 Å². The van der Waals surface area contributed by atoms with Gasteiger partial charge in [-0.2, -0.15) is 0 Å². The minimum atomic E-state index is -1.39. The summed E-state index contributed by atoms with van der Waals surface area (Å²) in [5, 5.41) is 22.2. The Bertz CT molecular complexity index is 941. The third kappa shape index (κ3) is 2.10. The number of anilines is 1. The lowest BCUT2D eigenvalue weighted by atomic mass is 9.87. The fourth-order valence-electron chi connectivity index (χ4n) is 4.26. The van der Waals surface area contributed by atoms with Crippen LogP contribution < -0.4 is 4.90 Å². The molecule has 0 spiro atoms. The third-order valence-electron chi connectivity index (χ3n) is 5.26. The minimum absolute atomic E-state index is 0.337. The largest absolute Gasteiger partial charge is 0.381 e. The second kappa shape index (κ2) is 5.74. The van der Waals surface area contributed by atoms with Gasteiger partial charge < -0.3 is 10.0 Å². The smallest absolute Gasteiger partial charge is 0.251 e. The molecular weight excluding hydrogens is 336 g/mol. The summed E-state index contributed by atoms with van der Waals surface area (Å²) in [7, 11) is 0. The molecule has 0 saturated heterocycles. The molecule has 4 atom stereocenters. The lowest BCUT2D eigenvalue weighted by Gasteiger charge is -2.29. The molecule has 2 aliphatic rings. The molecule has 1 heterocycles. The molecule has 0 unspecified atom stereocenters. The third-order valence-corrected chi connectivity index (χ3v) is 5.26. The Morgan fingerprint density at radius 3 is 2.38 bits per heavy atom. The van der Waals surface area contributed by atoms with Crippen LogP contribution in [0, 0.1) is 10.1 Å². The van der Waals surface area contributed by atoms with E-state index in [1.807, 2.05) is 0 Å². The molecule has 26 heavy (non-hydrogen) atoms. The first-order valence-corrected chi connectivity index (χ1v) is 8.27. The molecule has 1 amide bonds. The van der Waals surface area contributed by atoms with Crippen LogP contribution in [0.5, 0.6) is 0 Å². The molecule has 1 aliphatic carbocycles. The summed E-state index contributed by atoms with van der Waals surface area (Å²) >= 11 is 0. The number of nitro groups is 1. The fraction of sp³-hybridized carbons (Fsp3) is 0.263. The zero-order valence-electron chi connectivity index (χ0n) is 13.9.